The number of piperidine rings is 1. The first-order valence-electron chi connectivity index (χ1n) is 8.47. The summed E-state index contributed by atoms with van der Waals surface area (Å²) in [5.74, 6) is -0.0877. The number of thiophene rings is 1. The van der Waals surface area contributed by atoms with Crippen LogP contribution >= 0.6 is 11.3 Å². The molecule has 1 aromatic rings. The highest BCUT2D eigenvalue weighted by Crippen LogP contribution is 2.27. The Hall–Kier alpha value is -0.960. The fourth-order valence-electron chi connectivity index (χ4n) is 2.59. The Labute approximate surface area is 148 Å². The summed E-state index contributed by atoms with van der Waals surface area (Å²) in [6, 6.07) is 3.35. The Kier molecular flexibility index (Phi) is 7.67. The van der Waals surface area contributed by atoms with E-state index in [1.54, 1.807) is 16.4 Å². The fraction of sp³-hybridized carbons (Fsp3) is 0.688. The van der Waals surface area contributed by atoms with Gasteiger partial charge in [-0.3, -0.25) is 4.79 Å². The third kappa shape index (κ3) is 5.54. The molecule has 0 aromatic carbocycles. The largest absolute Gasteiger partial charge is 0.382 e. The molecule has 6 nitrogen and oxygen atoms in total. The number of sulfonamides is 1. The minimum absolute atomic E-state index is 0.0877. The quantitative estimate of drug-likeness (QED) is 0.671. The zero-order chi connectivity index (χ0) is 17.4. The molecule has 8 heteroatoms. The van der Waals surface area contributed by atoms with Gasteiger partial charge >= 0.3 is 0 Å². The monoisotopic (exact) mass is 374 g/mol. The third-order valence-corrected chi connectivity index (χ3v) is 7.32. The molecule has 0 bridgehead atoms. The molecule has 1 aromatic heterocycles. The SMILES string of the molecule is CCOCCCNC(=O)Cc1ccc(S(=O)(=O)N2CCCCC2)s1. The van der Waals surface area contributed by atoms with Crippen LogP contribution < -0.4 is 5.32 Å². The number of carbonyl (C=O) groups excluding carboxylic acids is 1. The van der Waals surface area contributed by atoms with Crippen molar-refractivity contribution in [2.75, 3.05) is 32.8 Å². The molecule has 136 valence electrons. The standard InChI is InChI=1S/C16H26N2O4S2/c1-2-22-12-6-9-17-15(19)13-14-7-8-16(23-14)24(20,21)18-10-4-3-5-11-18/h7-8H,2-6,9-13H2,1H3,(H,17,19). The molecule has 1 aliphatic rings. The van der Waals surface area contributed by atoms with Crippen LogP contribution in [0.5, 0.6) is 0 Å². The molecule has 0 spiro atoms. The van der Waals surface area contributed by atoms with Gasteiger partial charge in [-0.25, -0.2) is 8.42 Å². The first-order valence-corrected chi connectivity index (χ1v) is 10.7. The molecular weight excluding hydrogens is 348 g/mol. The van der Waals surface area contributed by atoms with Gasteiger partial charge in [0.15, 0.2) is 0 Å². The number of carbonyl (C=O) groups is 1. The zero-order valence-electron chi connectivity index (χ0n) is 14.1. The van der Waals surface area contributed by atoms with Crippen molar-refractivity contribution in [3.05, 3.63) is 17.0 Å². The fourth-order valence-corrected chi connectivity index (χ4v) is 5.62. The number of amides is 1. The predicted octanol–water partition coefficient (Wildman–Crippen LogP) is 2.01. The molecule has 1 aliphatic heterocycles. The Morgan fingerprint density at radius 1 is 1.29 bits per heavy atom. The zero-order valence-corrected chi connectivity index (χ0v) is 15.8. The van der Waals surface area contributed by atoms with E-state index in [0.29, 0.717) is 37.1 Å². The molecule has 1 saturated heterocycles. The van der Waals surface area contributed by atoms with Crippen LogP contribution in [0.25, 0.3) is 0 Å². The summed E-state index contributed by atoms with van der Waals surface area (Å²) in [5, 5.41) is 2.83. The maximum Gasteiger partial charge on any atom is 0.252 e. The number of nitrogens with zero attached hydrogens (tertiary/aromatic N) is 1. The van der Waals surface area contributed by atoms with Gasteiger partial charge in [0.2, 0.25) is 5.91 Å². The van der Waals surface area contributed by atoms with E-state index in [1.807, 2.05) is 6.92 Å². The normalized spacial score (nSPS) is 16.2. The average molecular weight is 375 g/mol. The molecule has 0 unspecified atom stereocenters. The molecule has 0 radical (unpaired) electrons. The van der Waals surface area contributed by atoms with E-state index in [-0.39, 0.29) is 12.3 Å². The van der Waals surface area contributed by atoms with Gasteiger partial charge in [-0.15, -0.1) is 11.3 Å². The van der Waals surface area contributed by atoms with Crippen molar-refractivity contribution < 1.29 is 17.9 Å². The predicted molar refractivity (Wildman–Crippen MR) is 94.8 cm³/mol. The van der Waals surface area contributed by atoms with Gasteiger partial charge in [0, 0.05) is 37.7 Å². The molecular formula is C16H26N2O4S2. The van der Waals surface area contributed by atoms with Gasteiger partial charge in [-0.2, -0.15) is 4.31 Å². The Morgan fingerprint density at radius 2 is 2.04 bits per heavy atom. The summed E-state index contributed by atoms with van der Waals surface area (Å²) in [4.78, 5) is 12.7. The maximum absolute atomic E-state index is 12.6. The molecule has 2 heterocycles. The van der Waals surface area contributed by atoms with Gasteiger partial charge in [-0.05, 0) is 38.3 Å². The Balaban J connectivity index is 1.85. The number of rotatable bonds is 9. The van der Waals surface area contributed by atoms with Crippen molar-refractivity contribution in [1.29, 1.82) is 0 Å². The van der Waals surface area contributed by atoms with Gasteiger partial charge in [0.25, 0.3) is 10.0 Å². The summed E-state index contributed by atoms with van der Waals surface area (Å²) in [6.45, 7) is 5.01. The lowest BCUT2D eigenvalue weighted by atomic mass is 10.2. The minimum Gasteiger partial charge on any atom is -0.382 e. The lowest BCUT2D eigenvalue weighted by Gasteiger charge is -2.25. The van der Waals surface area contributed by atoms with Crippen LogP contribution in [0.1, 0.15) is 37.5 Å². The van der Waals surface area contributed by atoms with Crippen molar-refractivity contribution in [2.45, 2.75) is 43.2 Å². The number of nitrogens with one attached hydrogen (secondary N) is 1. The summed E-state index contributed by atoms with van der Waals surface area (Å²) in [7, 11) is -3.40. The van der Waals surface area contributed by atoms with Crippen molar-refractivity contribution >= 4 is 27.3 Å². The summed E-state index contributed by atoms with van der Waals surface area (Å²) < 4.78 is 32.3. The second-order valence-electron chi connectivity index (χ2n) is 5.76. The van der Waals surface area contributed by atoms with Crippen molar-refractivity contribution in [3.8, 4) is 0 Å². The van der Waals surface area contributed by atoms with Crippen molar-refractivity contribution in [1.82, 2.24) is 9.62 Å². The minimum atomic E-state index is -3.40. The van der Waals surface area contributed by atoms with Crippen LogP contribution in [0.3, 0.4) is 0 Å². The number of ether oxygens (including phenoxy) is 1. The average Bonchev–Trinajstić information content (AvgIpc) is 3.04. The highest BCUT2D eigenvalue weighted by molar-refractivity contribution is 7.91. The summed E-state index contributed by atoms with van der Waals surface area (Å²) >= 11 is 1.19. The van der Waals surface area contributed by atoms with Gasteiger partial charge in [-0.1, -0.05) is 6.42 Å². The third-order valence-electron chi connectivity index (χ3n) is 3.87. The molecule has 1 fully saturated rings. The van der Waals surface area contributed by atoms with Crippen LogP contribution in [-0.4, -0.2) is 51.5 Å². The Morgan fingerprint density at radius 3 is 2.75 bits per heavy atom. The number of hydrogen-bond acceptors (Lipinski definition) is 5. The van der Waals surface area contributed by atoms with Crippen LogP contribution in [0.4, 0.5) is 0 Å². The molecule has 0 aliphatic carbocycles. The van der Waals surface area contributed by atoms with Crippen LogP contribution in [0.2, 0.25) is 0 Å². The molecule has 1 N–H and O–H groups in total. The topological polar surface area (TPSA) is 75.7 Å². The van der Waals surface area contributed by atoms with Crippen molar-refractivity contribution in [2.24, 2.45) is 0 Å². The second-order valence-corrected chi connectivity index (χ2v) is 9.10. The Bertz CT molecular complexity index is 622. The summed E-state index contributed by atoms with van der Waals surface area (Å²) in [6.07, 6.45) is 3.92. The molecule has 1 amide bonds. The van der Waals surface area contributed by atoms with E-state index in [4.69, 9.17) is 4.74 Å². The van der Waals surface area contributed by atoms with Crippen LogP contribution in [0, 0.1) is 0 Å². The lowest BCUT2D eigenvalue weighted by Crippen LogP contribution is -2.35. The van der Waals surface area contributed by atoms with Gasteiger partial charge < -0.3 is 10.1 Å². The van der Waals surface area contributed by atoms with E-state index in [1.165, 1.54) is 11.3 Å². The van der Waals surface area contributed by atoms with Gasteiger partial charge in [0.05, 0.1) is 6.42 Å². The first-order chi connectivity index (χ1) is 11.5. The highest BCUT2D eigenvalue weighted by atomic mass is 32.2. The van der Waals surface area contributed by atoms with E-state index < -0.39 is 10.0 Å². The van der Waals surface area contributed by atoms with E-state index >= 15 is 0 Å². The molecule has 24 heavy (non-hydrogen) atoms. The molecule has 2 rings (SSSR count). The lowest BCUT2D eigenvalue weighted by molar-refractivity contribution is -0.120. The van der Waals surface area contributed by atoms with E-state index in [9.17, 15) is 13.2 Å². The smallest absolute Gasteiger partial charge is 0.252 e. The van der Waals surface area contributed by atoms with Crippen LogP contribution in [0.15, 0.2) is 16.3 Å². The first kappa shape index (κ1) is 19.4. The molecule has 0 saturated carbocycles. The molecule has 0 atom stereocenters. The van der Waals surface area contributed by atoms with E-state index in [0.717, 1.165) is 30.6 Å². The van der Waals surface area contributed by atoms with Gasteiger partial charge in [0.1, 0.15) is 4.21 Å². The maximum atomic E-state index is 12.6. The summed E-state index contributed by atoms with van der Waals surface area (Å²) in [5.41, 5.74) is 0. The van der Waals surface area contributed by atoms with Crippen LogP contribution in [-0.2, 0) is 26.0 Å². The second kappa shape index (κ2) is 9.50. The highest BCUT2D eigenvalue weighted by Gasteiger charge is 2.27. The number of hydrogen-bond donors (Lipinski definition) is 1. The van der Waals surface area contributed by atoms with Crippen molar-refractivity contribution in [3.63, 3.8) is 0 Å². The van der Waals surface area contributed by atoms with E-state index in [2.05, 4.69) is 5.32 Å².